The number of hydrogen-bond acceptors (Lipinski definition) is 2. The Morgan fingerprint density at radius 1 is 1.30 bits per heavy atom. The van der Waals surface area contributed by atoms with Gasteiger partial charge in [0.05, 0.1) is 12.7 Å². The van der Waals surface area contributed by atoms with E-state index in [4.69, 9.17) is 9.84 Å². The topological polar surface area (TPSA) is 29.5 Å². The minimum atomic E-state index is -0.330. The Labute approximate surface area is 63.2 Å². The Morgan fingerprint density at radius 3 is 2.30 bits per heavy atom. The lowest BCUT2D eigenvalue weighted by atomic mass is 10.1. The Morgan fingerprint density at radius 2 is 1.90 bits per heavy atom. The largest absolute Gasteiger partial charge is 0.391 e. The fraction of sp³-hybridized carbons (Fsp3) is 1.00. The van der Waals surface area contributed by atoms with Gasteiger partial charge in [-0.1, -0.05) is 20.3 Å². The fourth-order valence-electron chi connectivity index (χ4n) is 0.558. The summed E-state index contributed by atoms with van der Waals surface area (Å²) in [6.45, 7) is 7.24. The van der Waals surface area contributed by atoms with Crippen LogP contribution in [-0.2, 0) is 4.74 Å². The summed E-state index contributed by atoms with van der Waals surface area (Å²) in [5.74, 6) is 0.610. The van der Waals surface area contributed by atoms with Gasteiger partial charge >= 0.3 is 0 Å². The molecule has 0 aliphatic carbocycles. The highest BCUT2D eigenvalue weighted by Crippen LogP contribution is 2.00. The van der Waals surface area contributed by atoms with Gasteiger partial charge in [0, 0.05) is 6.61 Å². The predicted molar refractivity (Wildman–Crippen MR) is 42.0 cm³/mol. The lowest BCUT2D eigenvalue weighted by molar-refractivity contribution is 0.0314. The molecule has 0 bridgehead atoms. The molecule has 0 rings (SSSR count). The standard InChI is InChI=1S/C8H18O2/c1-4-7(2)5-10-6-8(3)9/h7-9H,4-6H2,1-3H3. The second-order valence-corrected chi connectivity index (χ2v) is 2.90. The molecule has 0 aliphatic heterocycles. The molecule has 0 aromatic heterocycles. The van der Waals surface area contributed by atoms with E-state index < -0.39 is 0 Å². The van der Waals surface area contributed by atoms with Crippen LogP contribution in [0.25, 0.3) is 0 Å². The third-order valence-corrected chi connectivity index (χ3v) is 1.46. The van der Waals surface area contributed by atoms with Gasteiger partial charge in [0.2, 0.25) is 0 Å². The van der Waals surface area contributed by atoms with E-state index in [-0.39, 0.29) is 6.10 Å². The SMILES string of the molecule is CCC(C)COCC(C)O. The number of aliphatic hydroxyl groups excluding tert-OH is 1. The van der Waals surface area contributed by atoms with E-state index in [1.807, 2.05) is 0 Å². The predicted octanol–water partition coefficient (Wildman–Crippen LogP) is 1.43. The monoisotopic (exact) mass is 146 g/mol. The molecule has 0 aromatic carbocycles. The zero-order valence-electron chi connectivity index (χ0n) is 7.13. The summed E-state index contributed by atoms with van der Waals surface area (Å²) in [4.78, 5) is 0. The van der Waals surface area contributed by atoms with E-state index in [0.717, 1.165) is 13.0 Å². The molecule has 0 aliphatic rings. The van der Waals surface area contributed by atoms with Gasteiger partial charge in [-0.2, -0.15) is 0 Å². The third-order valence-electron chi connectivity index (χ3n) is 1.46. The molecule has 10 heavy (non-hydrogen) atoms. The van der Waals surface area contributed by atoms with Gasteiger partial charge in [-0.25, -0.2) is 0 Å². The quantitative estimate of drug-likeness (QED) is 0.635. The molecular formula is C8H18O2. The van der Waals surface area contributed by atoms with Gasteiger partial charge in [-0.3, -0.25) is 0 Å². The zero-order valence-corrected chi connectivity index (χ0v) is 7.13. The maximum Gasteiger partial charge on any atom is 0.0745 e. The van der Waals surface area contributed by atoms with E-state index in [1.54, 1.807) is 6.92 Å². The van der Waals surface area contributed by atoms with Gasteiger partial charge < -0.3 is 9.84 Å². The van der Waals surface area contributed by atoms with Crippen molar-refractivity contribution in [3.05, 3.63) is 0 Å². The van der Waals surface area contributed by atoms with Crippen molar-refractivity contribution in [2.75, 3.05) is 13.2 Å². The first-order valence-electron chi connectivity index (χ1n) is 3.92. The van der Waals surface area contributed by atoms with Crippen molar-refractivity contribution in [3.8, 4) is 0 Å². The normalized spacial score (nSPS) is 16.8. The van der Waals surface area contributed by atoms with Crippen LogP contribution in [0.1, 0.15) is 27.2 Å². The van der Waals surface area contributed by atoms with E-state index in [1.165, 1.54) is 0 Å². The van der Waals surface area contributed by atoms with Crippen LogP contribution in [0.4, 0.5) is 0 Å². The van der Waals surface area contributed by atoms with Crippen LogP contribution in [0.3, 0.4) is 0 Å². The smallest absolute Gasteiger partial charge is 0.0745 e. The molecule has 0 spiro atoms. The van der Waals surface area contributed by atoms with Crippen molar-refractivity contribution in [1.82, 2.24) is 0 Å². The van der Waals surface area contributed by atoms with Gasteiger partial charge in [0.25, 0.3) is 0 Å². The van der Waals surface area contributed by atoms with E-state index in [0.29, 0.717) is 12.5 Å². The molecule has 2 nitrogen and oxygen atoms in total. The molecule has 0 saturated heterocycles. The third kappa shape index (κ3) is 6.05. The fourth-order valence-corrected chi connectivity index (χ4v) is 0.558. The van der Waals surface area contributed by atoms with Crippen LogP contribution < -0.4 is 0 Å². The molecule has 0 heterocycles. The second-order valence-electron chi connectivity index (χ2n) is 2.90. The van der Waals surface area contributed by atoms with Crippen molar-refractivity contribution in [3.63, 3.8) is 0 Å². The van der Waals surface area contributed by atoms with Crippen LogP contribution in [0.15, 0.2) is 0 Å². The summed E-state index contributed by atoms with van der Waals surface area (Å²) >= 11 is 0. The number of hydrogen-bond donors (Lipinski definition) is 1. The first-order valence-corrected chi connectivity index (χ1v) is 3.92. The summed E-state index contributed by atoms with van der Waals surface area (Å²) in [5.41, 5.74) is 0. The average molecular weight is 146 g/mol. The second kappa shape index (κ2) is 5.69. The lowest BCUT2D eigenvalue weighted by Crippen LogP contribution is -2.14. The van der Waals surface area contributed by atoms with Gasteiger partial charge in [-0.15, -0.1) is 0 Å². The van der Waals surface area contributed by atoms with E-state index >= 15 is 0 Å². The van der Waals surface area contributed by atoms with Crippen LogP contribution >= 0.6 is 0 Å². The molecule has 0 aromatic rings. The van der Waals surface area contributed by atoms with E-state index in [9.17, 15) is 0 Å². The highest BCUT2D eigenvalue weighted by molar-refractivity contribution is 4.47. The highest BCUT2D eigenvalue weighted by atomic mass is 16.5. The van der Waals surface area contributed by atoms with Crippen LogP contribution in [0, 0.1) is 5.92 Å². The Kier molecular flexibility index (Phi) is 5.64. The molecule has 0 amide bonds. The number of rotatable bonds is 5. The summed E-state index contributed by atoms with van der Waals surface area (Å²) in [5, 5.41) is 8.81. The average Bonchev–Trinajstić information content (AvgIpc) is 1.87. The van der Waals surface area contributed by atoms with Gasteiger partial charge in [0.1, 0.15) is 0 Å². The Bertz CT molecular complexity index is 71.7. The van der Waals surface area contributed by atoms with E-state index in [2.05, 4.69) is 13.8 Å². The molecule has 1 N–H and O–H groups in total. The Hall–Kier alpha value is -0.0800. The van der Waals surface area contributed by atoms with Crippen LogP contribution in [-0.4, -0.2) is 24.4 Å². The van der Waals surface area contributed by atoms with Crippen molar-refractivity contribution in [2.24, 2.45) is 5.92 Å². The summed E-state index contributed by atoms with van der Waals surface area (Å²) < 4.78 is 5.20. The summed E-state index contributed by atoms with van der Waals surface area (Å²) in [6, 6.07) is 0. The number of aliphatic hydroxyl groups is 1. The molecule has 62 valence electrons. The molecule has 0 radical (unpaired) electrons. The summed E-state index contributed by atoms with van der Waals surface area (Å²) in [6.07, 6.45) is 0.809. The maximum absolute atomic E-state index is 8.81. The molecule has 0 fully saturated rings. The number of ether oxygens (including phenoxy) is 1. The molecule has 2 atom stereocenters. The molecule has 2 heteroatoms. The van der Waals surface area contributed by atoms with Crippen molar-refractivity contribution >= 4 is 0 Å². The maximum atomic E-state index is 8.81. The first kappa shape index (κ1) is 9.92. The highest BCUT2D eigenvalue weighted by Gasteiger charge is 1.99. The van der Waals surface area contributed by atoms with Crippen molar-refractivity contribution in [2.45, 2.75) is 33.3 Å². The van der Waals surface area contributed by atoms with Crippen molar-refractivity contribution < 1.29 is 9.84 Å². The molecular weight excluding hydrogens is 128 g/mol. The van der Waals surface area contributed by atoms with Crippen LogP contribution in [0.5, 0.6) is 0 Å². The first-order chi connectivity index (χ1) is 4.66. The minimum absolute atomic E-state index is 0.330. The Balaban J connectivity index is 3.03. The van der Waals surface area contributed by atoms with Crippen molar-refractivity contribution in [1.29, 1.82) is 0 Å². The lowest BCUT2D eigenvalue weighted by Gasteiger charge is -2.10. The van der Waals surface area contributed by atoms with Gasteiger partial charge in [-0.05, 0) is 12.8 Å². The van der Waals surface area contributed by atoms with Gasteiger partial charge in [0.15, 0.2) is 0 Å². The molecule has 0 saturated carbocycles. The summed E-state index contributed by atoms with van der Waals surface area (Å²) in [7, 11) is 0. The minimum Gasteiger partial charge on any atom is -0.391 e. The molecule has 2 unspecified atom stereocenters. The zero-order chi connectivity index (χ0) is 7.98. The van der Waals surface area contributed by atoms with Crippen LogP contribution in [0.2, 0.25) is 0 Å².